The molecule has 23 heavy (non-hydrogen) atoms. The first-order chi connectivity index (χ1) is 10.8. The van der Waals surface area contributed by atoms with Crippen LogP contribution >= 0.6 is 0 Å². The maximum Gasteiger partial charge on any atom is 0.287 e. The Balaban J connectivity index is 0.00000135. The van der Waals surface area contributed by atoms with Crippen LogP contribution in [-0.4, -0.2) is 11.6 Å². The molecule has 0 atom stereocenters. The first-order valence-electron chi connectivity index (χ1n) is 7.55. The van der Waals surface area contributed by atoms with E-state index in [-0.39, 0.29) is 12.4 Å². The van der Waals surface area contributed by atoms with Crippen LogP contribution in [0.1, 0.15) is 5.82 Å². The Kier molecular flexibility index (Phi) is 2.93. The van der Waals surface area contributed by atoms with Crippen LogP contribution < -0.4 is 26.8 Å². The van der Waals surface area contributed by atoms with E-state index in [4.69, 9.17) is 0 Å². The second-order valence-electron chi connectivity index (χ2n) is 5.95. The number of fused-ring (bicyclic) bond motifs is 6. The topological polar surface area (TPSA) is 15.3 Å². The zero-order valence-electron chi connectivity index (χ0n) is 13.1. The Hall–Kier alpha value is -2.46. The zero-order valence-corrected chi connectivity index (χ0v) is 13.8. The van der Waals surface area contributed by atoms with Gasteiger partial charge in [0.2, 0.25) is 0 Å². The minimum Gasteiger partial charge on any atom is -1.00 e. The van der Waals surface area contributed by atoms with Gasteiger partial charge < -0.3 is 17.3 Å². The van der Waals surface area contributed by atoms with Crippen LogP contribution in [0.5, 0.6) is 0 Å². The molecule has 0 amide bonds. The van der Waals surface area contributed by atoms with Crippen molar-refractivity contribution in [1.29, 1.82) is 0 Å². The molecule has 0 fully saturated rings. The molecule has 0 saturated carbocycles. The van der Waals surface area contributed by atoms with Gasteiger partial charge in [0.25, 0.3) is 5.82 Å². The first-order valence-corrected chi connectivity index (χ1v) is 7.55. The van der Waals surface area contributed by atoms with Crippen molar-refractivity contribution < 1.29 is 17.0 Å². The summed E-state index contributed by atoms with van der Waals surface area (Å²) in [6.07, 6.45) is 2.28. The van der Waals surface area contributed by atoms with E-state index < -0.39 is 0 Å². The van der Waals surface area contributed by atoms with E-state index in [1.807, 2.05) is 0 Å². The molecule has 3 heterocycles. The van der Waals surface area contributed by atoms with Crippen LogP contribution in [0.15, 0.2) is 54.4 Å². The second kappa shape index (κ2) is 4.77. The normalized spacial score (nSPS) is 15.0. The van der Waals surface area contributed by atoms with Crippen LogP contribution in [0, 0.1) is 0 Å². The fourth-order valence-corrected chi connectivity index (χ4v) is 3.71. The van der Waals surface area contributed by atoms with Gasteiger partial charge in [-0.2, -0.15) is 0 Å². The van der Waals surface area contributed by atoms with Crippen molar-refractivity contribution in [3.05, 3.63) is 60.2 Å². The van der Waals surface area contributed by atoms with Gasteiger partial charge in [0.05, 0.1) is 24.5 Å². The SMILES string of the molecule is CN1C2=Cc3n(c4ccccc4[n+]3C)CN2c2ccccc21.[Cl-]. The Labute approximate surface area is 141 Å². The number of rotatable bonds is 0. The smallest absolute Gasteiger partial charge is 0.287 e. The lowest BCUT2D eigenvalue weighted by Gasteiger charge is -2.24. The monoisotopic (exact) mass is 324 g/mol. The van der Waals surface area contributed by atoms with Gasteiger partial charge in [-0.05, 0) is 24.3 Å². The molecule has 2 aliphatic heterocycles. The number of nitrogens with zero attached hydrogens (tertiary/aromatic N) is 4. The number of anilines is 2. The van der Waals surface area contributed by atoms with E-state index in [1.54, 1.807) is 0 Å². The van der Waals surface area contributed by atoms with Gasteiger partial charge in [0, 0.05) is 7.05 Å². The van der Waals surface area contributed by atoms with Crippen LogP contribution in [0.25, 0.3) is 17.1 Å². The summed E-state index contributed by atoms with van der Waals surface area (Å²) in [5.74, 6) is 2.49. The van der Waals surface area contributed by atoms with E-state index in [9.17, 15) is 0 Å². The number of aryl methyl sites for hydroxylation is 1. The molecule has 2 aromatic carbocycles. The molecule has 0 saturated heterocycles. The van der Waals surface area contributed by atoms with Gasteiger partial charge in [-0.3, -0.25) is 4.90 Å². The molecule has 0 spiro atoms. The van der Waals surface area contributed by atoms with E-state index in [2.05, 4.69) is 87.6 Å². The van der Waals surface area contributed by atoms with Crippen molar-refractivity contribution in [1.82, 2.24) is 4.57 Å². The molecule has 0 aliphatic carbocycles. The van der Waals surface area contributed by atoms with E-state index >= 15 is 0 Å². The zero-order chi connectivity index (χ0) is 14.8. The Bertz CT molecular complexity index is 957. The number of benzene rings is 2. The predicted octanol–water partition coefficient (Wildman–Crippen LogP) is -0.304. The number of para-hydroxylation sites is 4. The third-order valence-electron chi connectivity index (χ3n) is 4.85. The molecule has 1 aromatic heterocycles. The van der Waals surface area contributed by atoms with Crippen LogP contribution in [-0.2, 0) is 13.7 Å². The van der Waals surface area contributed by atoms with Gasteiger partial charge in [-0.15, -0.1) is 0 Å². The van der Waals surface area contributed by atoms with Crippen molar-refractivity contribution in [3.63, 3.8) is 0 Å². The number of hydrogen-bond donors (Lipinski definition) is 0. The summed E-state index contributed by atoms with van der Waals surface area (Å²) in [6, 6.07) is 17.2. The van der Waals surface area contributed by atoms with Crippen molar-refractivity contribution in [2.75, 3.05) is 16.8 Å². The average molecular weight is 325 g/mol. The summed E-state index contributed by atoms with van der Waals surface area (Å²) in [5, 5.41) is 0. The number of imidazole rings is 1. The molecule has 4 nitrogen and oxygen atoms in total. The van der Waals surface area contributed by atoms with E-state index in [1.165, 1.54) is 34.1 Å². The Morgan fingerprint density at radius 2 is 1.65 bits per heavy atom. The van der Waals surface area contributed by atoms with Gasteiger partial charge in [0.15, 0.2) is 17.7 Å². The van der Waals surface area contributed by atoms with Crippen LogP contribution in [0.3, 0.4) is 0 Å². The highest BCUT2D eigenvalue weighted by molar-refractivity contribution is 5.86. The minimum absolute atomic E-state index is 0. The molecule has 5 heteroatoms. The molecule has 0 unspecified atom stereocenters. The van der Waals surface area contributed by atoms with Gasteiger partial charge >= 0.3 is 0 Å². The third-order valence-corrected chi connectivity index (χ3v) is 4.85. The third kappa shape index (κ3) is 1.70. The maximum absolute atomic E-state index is 2.38. The molecule has 116 valence electrons. The molecule has 3 aromatic rings. The summed E-state index contributed by atoms with van der Waals surface area (Å²) in [5.41, 5.74) is 5.10. The molecular weight excluding hydrogens is 308 g/mol. The standard InChI is InChI=1S/C18H17N4.ClH/c1-19-13-7-3-5-9-15(13)21-12-22-16-10-6-4-8-14(16)20(2)18(22)11-17(19)21;/h3-11H,12H2,1-2H3;1H/q+1;/p-1. The molecule has 5 rings (SSSR count). The minimum atomic E-state index is 0. The molecule has 0 N–H and O–H groups in total. The highest BCUT2D eigenvalue weighted by Gasteiger charge is 2.36. The van der Waals surface area contributed by atoms with Gasteiger partial charge in [-0.25, -0.2) is 9.13 Å². The predicted molar refractivity (Wildman–Crippen MR) is 88.4 cm³/mol. The molecular formula is C18H17ClN4. The summed E-state index contributed by atoms with van der Waals surface area (Å²) >= 11 is 0. The highest BCUT2D eigenvalue weighted by Crippen LogP contribution is 2.43. The van der Waals surface area contributed by atoms with Crippen LogP contribution in [0.4, 0.5) is 11.4 Å². The van der Waals surface area contributed by atoms with Crippen LogP contribution in [0.2, 0.25) is 0 Å². The fraction of sp³-hybridized carbons (Fsp3) is 0.167. The lowest BCUT2D eigenvalue weighted by Crippen LogP contribution is -3.00. The maximum atomic E-state index is 2.38. The largest absolute Gasteiger partial charge is 1.00 e. The Morgan fingerprint density at radius 1 is 0.957 bits per heavy atom. The molecule has 2 aliphatic rings. The van der Waals surface area contributed by atoms with Crippen molar-refractivity contribution >= 4 is 28.5 Å². The van der Waals surface area contributed by atoms with Gasteiger partial charge in [0.1, 0.15) is 5.82 Å². The summed E-state index contributed by atoms with van der Waals surface area (Å²) in [4.78, 5) is 4.66. The number of aromatic nitrogens is 2. The molecule has 0 bridgehead atoms. The van der Waals surface area contributed by atoms with Crippen molar-refractivity contribution in [2.24, 2.45) is 7.05 Å². The fourth-order valence-electron chi connectivity index (χ4n) is 3.71. The summed E-state index contributed by atoms with van der Waals surface area (Å²) < 4.78 is 4.66. The van der Waals surface area contributed by atoms with Crippen molar-refractivity contribution in [3.8, 4) is 0 Å². The lowest BCUT2D eigenvalue weighted by atomic mass is 10.2. The second-order valence-corrected chi connectivity index (χ2v) is 5.95. The summed E-state index contributed by atoms with van der Waals surface area (Å²) in [7, 11) is 4.28. The number of hydrogen-bond acceptors (Lipinski definition) is 2. The Morgan fingerprint density at radius 3 is 2.48 bits per heavy atom. The van der Waals surface area contributed by atoms with Gasteiger partial charge in [-0.1, -0.05) is 24.3 Å². The lowest BCUT2D eigenvalue weighted by molar-refractivity contribution is -0.647. The van der Waals surface area contributed by atoms with Crippen molar-refractivity contribution in [2.45, 2.75) is 6.67 Å². The first kappa shape index (κ1) is 14.2. The summed E-state index contributed by atoms with van der Waals surface area (Å²) in [6.45, 7) is 0.851. The number of halogens is 1. The quantitative estimate of drug-likeness (QED) is 0.527. The highest BCUT2D eigenvalue weighted by atomic mass is 35.5. The van der Waals surface area contributed by atoms with E-state index in [0.717, 1.165) is 6.67 Å². The molecule has 0 radical (unpaired) electrons. The average Bonchev–Trinajstić information content (AvgIpc) is 3.01. The van der Waals surface area contributed by atoms with E-state index in [0.29, 0.717) is 0 Å².